The second-order valence-electron chi connectivity index (χ2n) is 9.32. The van der Waals surface area contributed by atoms with E-state index < -0.39 is 5.91 Å². The number of nitrogens with one attached hydrogen (secondary N) is 2. The van der Waals surface area contributed by atoms with Crippen LogP contribution < -0.4 is 26.0 Å². The van der Waals surface area contributed by atoms with Gasteiger partial charge >= 0.3 is 0 Å². The number of hydrogen-bond acceptors (Lipinski definition) is 7. The van der Waals surface area contributed by atoms with Crippen molar-refractivity contribution in [2.75, 3.05) is 48.8 Å². The Hall–Kier alpha value is -3.78. The summed E-state index contributed by atoms with van der Waals surface area (Å²) in [5.41, 5.74) is 10.2. The summed E-state index contributed by atoms with van der Waals surface area (Å²) >= 11 is 0. The second kappa shape index (κ2) is 11.8. The average molecular weight is 489 g/mol. The topological polar surface area (TPSA) is 95.8 Å². The third-order valence-corrected chi connectivity index (χ3v) is 6.56. The molecule has 3 aromatic rings. The number of amides is 1. The van der Waals surface area contributed by atoms with Crippen LogP contribution in [0.1, 0.15) is 25.0 Å². The highest BCUT2D eigenvalue weighted by molar-refractivity contribution is 5.79. The number of carbonyl (C=O) groups is 1. The molecule has 0 atom stereocenters. The van der Waals surface area contributed by atoms with Crippen LogP contribution in [0.4, 0.5) is 22.9 Å². The van der Waals surface area contributed by atoms with Crippen LogP contribution in [0.25, 0.3) is 0 Å². The SMILES string of the molecule is COc1ccccc1CNc1cc(Nc2ccc(N3CCN(C(C)C)CC3)cc2)ncc1CC(N)=O. The molecule has 1 fully saturated rings. The van der Waals surface area contributed by atoms with Crippen molar-refractivity contribution in [3.63, 3.8) is 0 Å². The van der Waals surface area contributed by atoms with Gasteiger partial charge in [-0.1, -0.05) is 18.2 Å². The second-order valence-corrected chi connectivity index (χ2v) is 9.32. The zero-order valence-electron chi connectivity index (χ0n) is 21.3. The number of piperazine rings is 1. The first-order chi connectivity index (χ1) is 17.4. The lowest BCUT2D eigenvalue weighted by atomic mass is 10.1. The minimum atomic E-state index is -0.400. The molecule has 8 nitrogen and oxygen atoms in total. The molecule has 190 valence electrons. The molecular weight excluding hydrogens is 452 g/mol. The summed E-state index contributed by atoms with van der Waals surface area (Å²) in [4.78, 5) is 21.1. The van der Waals surface area contributed by atoms with Crippen molar-refractivity contribution < 1.29 is 9.53 Å². The van der Waals surface area contributed by atoms with Gasteiger partial charge in [-0.25, -0.2) is 4.98 Å². The maximum atomic E-state index is 11.6. The Morgan fingerprint density at radius 1 is 1.06 bits per heavy atom. The lowest BCUT2D eigenvalue weighted by Gasteiger charge is -2.38. The van der Waals surface area contributed by atoms with E-state index in [1.54, 1.807) is 13.3 Å². The van der Waals surface area contributed by atoms with Gasteiger partial charge in [-0.2, -0.15) is 0 Å². The molecule has 1 amide bonds. The van der Waals surface area contributed by atoms with Crippen LogP contribution in [-0.4, -0.2) is 55.1 Å². The van der Waals surface area contributed by atoms with Gasteiger partial charge in [-0.15, -0.1) is 0 Å². The Balaban J connectivity index is 1.45. The van der Waals surface area contributed by atoms with E-state index in [0.717, 1.165) is 54.4 Å². The van der Waals surface area contributed by atoms with E-state index in [1.807, 2.05) is 30.3 Å². The van der Waals surface area contributed by atoms with Crippen LogP contribution in [0, 0.1) is 0 Å². The summed E-state index contributed by atoms with van der Waals surface area (Å²) in [7, 11) is 1.66. The van der Waals surface area contributed by atoms with Gasteiger partial charge in [-0.05, 0) is 44.2 Å². The van der Waals surface area contributed by atoms with E-state index in [9.17, 15) is 4.79 Å². The average Bonchev–Trinajstić information content (AvgIpc) is 2.89. The first kappa shape index (κ1) is 25.3. The Morgan fingerprint density at radius 2 is 1.78 bits per heavy atom. The molecular formula is C28H36N6O2. The molecule has 0 unspecified atom stereocenters. The van der Waals surface area contributed by atoms with E-state index in [2.05, 4.69) is 63.5 Å². The Morgan fingerprint density at radius 3 is 2.44 bits per heavy atom. The van der Waals surface area contributed by atoms with Crippen molar-refractivity contribution in [3.8, 4) is 5.75 Å². The molecule has 0 bridgehead atoms. The molecule has 1 saturated heterocycles. The Labute approximate surface area is 213 Å². The lowest BCUT2D eigenvalue weighted by Crippen LogP contribution is -2.48. The molecule has 1 aliphatic heterocycles. The summed E-state index contributed by atoms with van der Waals surface area (Å²) in [6.07, 6.45) is 1.81. The molecule has 4 rings (SSSR count). The number of carbonyl (C=O) groups excluding carboxylic acids is 1. The number of pyridine rings is 1. The summed E-state index contributed by atoms with van der Waals surface area (Å²) < 4.78 is 5.46. The van der Waals surface area contributed by atoms with Crippen molar-refractivity contribution in [1.82, 2.24) is 9.88 Å². The highest BCUT2D eigenvalue weighted by Gasteiger charge is 2.19. The Kier molecular flexibility index (Phi) is 8.28. The van der Waals surface area contributed by atoms with Crippen LogP contribution in [0.5, 0.6) is 5.75 Å². The number of para-hydroxylation sites is 1. The fraction of sp³-hybridized carbons (Fsp3) is 0.357. The maximum Gasteiger partial charge on any atom is 0.221 e. The van der Waals surface area contributed by atoms with Crippen LogP contribution in [-0.2, 0) is 17.8 Å². The Bertz CT molecular complexity index is 1160. The van der Waals surface area contributed by atoms with Gasteiger partial charge in [0.25, 0.3) is 0 Å². The maximum absolute atomic E-state index is 11.6. The van der Waals surface area contributed by atoms with E-state index >= 15 is 0 Å². The fourth-order valence-electron chi connectivity index (χ4n) is 4.48. The van der Waals surface area contributed by atoms with Crippen LogP contribution in [0.2, 0.25) is 0 Å². The molecule has 0 saturated carbocycles. The quantitative estimate of drug-likeness (QED) is 0.397. The first-order valence-corrected chi connectivity index (χ1v) is 12.4. The van der Waals surface area contributed by atoms with Gasteiger partial charge in [0, 0.05) is 79.2 Å². The molecule has 4 N–H and O–H groups in total. The zero-order valence-corrected chi connectivity index (χ0v) is 21.3. The molecule has 36 heavy (non-hydrogen) atoms. The number of anilines is 4. The molecule has 0 spiro atoms. The van der Waals surface area contributed by atoms with E-state index in [-0.39, 0.29) is 6.42 Å². The predicted molar refractivity (Wildman–Crippen MR) is 146 cm³/mol. The van der Waals surface area contributed by atoms with Crippen LogP contribution >= 0.6 is 0 Å². The summed E-state index contributed by atoms with van der Waals surface area (Å²) in [5, 5.41) is 6.80. The number of primary amides is 1. The van der Waals surface area contributed by atoms with Gasteiger partial charge in [0.2, 0.25) is 5.91 Å². The molecule has 1 aliphatic rings. The van der Waals surface area contributed by atoms with E-state index in [4.69, 9.17) is 10.5 Å². The summed E-state index contributed by atoms with van der Waals surface area (Å²) in [5.74, 6) is 1.09. The van der Waals surface area contributed by atoms with Gasteiger partial charge in [0.15, 0.2) is 0 Å². The van der Waals surface area contributed by atoms with Crippen molar-refractivity contribution in [1.29, 1.82) is 0 Å². The highest BCUT2D eigenvalue weighted by atomic mass is 16.5. The van der Waals surface area contributed by atoms with Gasteiger partial charge < -0.3 is 26.0 Å². The van der Waals surface area contributed by atoms with Crippen molar-refractivity contribution in [3.05, 3.63) is 71.9 Å². The smallest absolute Gasteiger partial charge is 0.221 e. The number of benzene rings is 2. The first-order valence-electron chi connectivity index (χ1n) is 12.4. The third-order valence-electron chi connectivity index (χ3n) is 6.56. The monoisotopic (exact) mass is 488 g/mol. The molecule has 2 heterocycles. The van der Waals surface area contributed by atoms with Crippen LogP contribution in [0.15, 0.2) is 60.8 Å². The minimum Gasteiger partial charge on any atom is -0.496 e. The number of aromatic nitrogens is 1. The van der Waals surface area contributed by atoms with Crippen molar-refractivity contribution >= 4 is 28.8 Å². The molecule has 1 aromatic heterocycles. The third kappa shape index (κ3) is 6.46. The molecule has 2 aromatic carbocycles. The van der Waals surface area contributed by atoms with Crippen LogP contribution in [0.3, 0.4) is 0 Å². The molecule has 0 aliphatic carbocycles. The summed E-state index contributed by atoms with van der Waals surface area (Å²) in [6, 6.07) is 18.8. The number of methoxy groups -OCH3 is 1. The molecule has 0 radical (unpaired) electrons. The van der Waals surface area contributed by atoms with Gasteiger partial charge in [0.05, 0.1) is 13.5 Å². The fourth-order valence-corrected chi connectivity index (χ4v) is 4.48. The predicted octanol–water partition coefficient (Wildman–Crippen LogP) is 4.00. The van der Waals surface area contributed by atoms with Crippen molar-refractivity contribution in [2.24, 2.45) is 5.73 Å². The molecule has 8 heteroatoms. The summed E-state index contributed by atoms with van der Waals surface area (Å²) in [6.45, 7) is 9.30. The standard InChI is InChI=1S/C28H36N6O2/c1-20(2)33-12-14-34(15-13-33)24-10-8-23(9-11-24)32-28-17-25(22(19-31-28)16-27(29)35)30-18-21-6-4-5-7-26(21)36-3/h4-11,17,19-20H,12-16,18H2,1-3H3,(H2,29,35)(H2,30,31,32). The van der Waals surface area contributed by atoms with Crippen molar-refractivity contribution in [2.45, 2.75) is 32.9 Å². The highest BCUT2D eigenvalue weighted by Crippen LogP contribution is 2.26. The number of ether oxygens (including phenoxy) is 1. The van der Waals surface area contributed by atoms with Gasteiger partial charge in [-0.3, -0.25) is 9.69 Å². The van der Waals surface area contributed by atoms with Gasteiger partial charge in [0.1, 0.15) is 11.6 Å². The van der Waals surface area contributed by atoms with E-state index in [0.29, 0.717) is 18.4 Å². The normalized spacial score (nSPS) is 14.1. The number of nitrogens with zero attached hydrogens (tertiary/aromatic N) is 3. The minimum absolute atomic E-state index is 0.111. The largest absolute Gasteiger partial charge is 0.496 e. The zero-order chi connectivity index (χ0) is 25.5. The number of nitrogens with two attached hydrogens (primary N) is 1. The number of rotatable bonds is 10. The van der Waals surface area contributed by atoms with E-state index in [1.165, 1.54) is 5.69 Å². The number of hydrogen-bond donors (Lipinski definition) is 3. The lowest BCUT2D eigenvalue weighted by molar-refractivity contribution is -0.117.